The summed E-state index contributed by atoms with van der Waals surface area (Å²) < 4.78 is 0. The Labute approximate surface area is 79.0 Å². The summed E-state index contributed by atoms with van der Waals surface area (Å²) in [4.78, 5) is 8.07. The predicted molar refractivity (Wildman–Crippen MR) is 57.9 cm³/mol. The minimum absolute atomic E-state index is 0.0300. The summed E-state index contributed by atoms with van der Waals surface area (Å²) in [7, 11) is 8.33. The molecule has 0 radical (unpaired) electrons. The fourth-order valence-electron chi connectivity index (χ4n) is 1.08. The summed E-state index contributed by atoms with van der Waals surface area (Å²) in [5, 5.41) is 0. The Morgan fingerprint density at radius 3 is 1.83 bits per heavy atom. The monoisotopic (exact) mass is 189 g/mol. The second kappa shape index (κ2) is 4.96. The predicted octanol–water partition coefficient (Wildman–Crippen LogP) is -0.105. The lowest BCUT2D eigenvalue weighted by atomic mass is 10.3. The van der Waals surface area contributed by atoms with Gasteiger partial charge in [-0.25, -0.2) is 0 Å². The smallest absolute Gasteiger partial charge is 0.118 e. The lowest BCUT2D eigenvalue weighted by Gasteiger charge is -2.43. The molecule has 0 aliphatic heterocycles. The van der Waals surface area contributed by atoms with E-state index in [1.54, 1.807) is 0 Å². The molecule has 0 aromatic rings. The molecule has 0 aromatic carbocycles. The van der Waals surface area contributed by atoms with Crippen LogP contribution < -0.4 is 4.98 Å². The van der Waals surface area contributed by atoms with Crippen molar-refractivity contribution in [2.24, 2.45) is 0 Å². The first-order valence-electron chi connectivity index (χ1n) is 4.55. The Morgan fingerprint density at radius 1 is 1.17 bits per heavy atom. The summed E-state index contributed by atoms with van der Waals surface area (Å²) in [6.07, 6.45) is 0. The van der Waals surface area contributed by atoms with Crippen molar-refractivity contribution in [1.82, 2.24) is 14.8 Å². The van der Waals surface area contributed by atoms with Gasteiger partial charge in [0.15, 0.2) is 0 Å². The average molecular weight is 189 g/mol. The van der Waals surface area contributed by atoms with Crippen molar-refractivity contribution in [2.45, 2.75) is 25.7 Å². The third-order valence-electron chi connectivity index (χ3n) is 2.45. The molecule has 0 spiro atoms. The summed E-state index contributed by atoms with van der Waals surface area (Å²) in [5.41, 5.74) is 0. The highest BCUT2D eigenvalue weighted by molar-refractivity contribution is 6.32. The highest BCUT2D eigenvalue weighted by Crippen LogP contribution is 2.08. The van der Waals surface area contributed by atoms with E-state index in [2.05, 4.69) is 56.8 Å². The Hall–Kier alpha value is 0.0969. The summed E-state index contributed by atoms with van der Waals surface area (Å²) >= 11 is 0. The van der Waals surface area contributed by atoms with E-state index in [1.807, 2.05) is 0 Å². The molecule has 4 heteroatoms. The first kappa shape index (κ1) is 12.1. The van der Waals surface area contributed by atoms with Gasteiger partial charge >= 0.3 is 0 Å². The highest BCUT2D eigenvalue weighted by Gasteiger charge is 2.27. The molecule has 0 atom stereocenters. The molecule has 12 heavy (non-hydrogen) atoms. The summed E-state index contributed by atoms with van der Waals surface area (Å²) in [6.45, 7) is 4.46. The molecule has 0 unspecified atom stereocenters. The van der Waals surface area contributed by atoms with Crippen molar-refractivity contribution in [3.05, 3.63) is 0 Å². The van der Waals surface area contributed by atoms with E-state index in [0.29, 0.717) is 0 Å². The fourth-order valence-corrected chi connectivity index (χ4v) is 2.43. The second-order valence-corrected chi connectivity index (χ2v) is 5.59. The Kier molecular flexibility index (Phi) is 5.00. The topological polar surface area (TPSA) is 18.5 Å². The molecule has 0 aromatic heterocycles. The van der Waals surface area contributed by atoms with Crippen LogP contribution >= 0.6 is 0 Å². The Morgan fingerprint density at radius 2 is 1.58 bits per heavy atom. The number of hydrogen-bond acceptors (Lipinski definition) is 3. The maximum absolute atomic E-state index is 3.64. The molecule has 1 N–H and O–H groups in total. The van der Waals surface area contributed by atoms with Gasteiger partial charge in [-0.3, -0.25) is 9.80 Å². The van der Waals surface area contributed by atoms with Gasteiger partial charge < -0.3 is 4.98 Å². The normalized spacial score (nSPS) is 14.0. The van der Waals surface area contributed by atoms with Crippen molar-refractivity contribution in [1.29, 1.82) is 0 Å². The maximum atomic E-state index is 3.64. The number of nitrogens with one attached hydrogen (secondary N) is 1. The van der Waals surface area contributed by atoms with Crippen LogP contribution in [0.25, 0.3) is 0 Å². The molecule has 0 aliphatic carbocycles. The zero-order valence-electron chi connectivity index (χ0n) is 9.31. The molecule has 0 saturated heterocycles. The molecule has 0 fully saturated rings. The third-order valence-corrected chi connectivity index (χ3v) is 3.87. The zero-order valence-corrected chi connectivity index (χ0v) is 10.7. The SMILES string of the molecule is CC[SiH2]NC(C)(N(C)C)N(C)C. The van der Waals surface area contributed by atoms with Gasteiger partial charge in [0.25, 0.3) is 0 Å². The quantitative estimate of drug-likeness (QED) is 0.481. The van der Waals surface area contributed by atoms with Crippen LogP contribution in [0.4, 0.5) is 0 Å². The fraction of sp³-hybridized carbons (Fsp3) is 1.00. The number of hydrogen-bond donors (Lipinski definition) is 1. The summed E-state index contributed by atoms with van der Waals surface area (Å²) in [5.74, 6) is 0.0300. The first-order chi connectivity index (χ1) is 5.45. The summed E-state index contributed by atoms with van der Waals surface area (Å²) in [6, 6.07) is 1.30. The van der Waals surface area contributed by atoms with Crippen LogP contribution in [0.1, 0.15) is 13.8 Å². The van der Waals surface area contributed by atoms with Gasteiger partial charge in [0.1, 0.15) is 5.79 Å². The van der Waals surface area contributed by atoms with Gasteiger partial charge in [-0.2, -0.15) is 0 Å². The molecule has 0 amide bonds. The van der Waals surface area contributed by atoms with E-state index >= 15 is 0 Å². The van der Waals surface area contributed by atoms with Gasteiger partial charge in [0, 0.05) is 0 Å². The van der Waals surface area contributed by atoms with Crippen molar-refractivity contribution in [2.75, 3.05) is 28.2 Å². The van der Waals surface area contributed by atoms with Crippen LogP contribution in [0, 0.1) is 0 Å². The van der Waals surface area contributed by atoms with Gasteiger partial charge in [0.2, 0.25) is 0 Å². The van der Waals surface area contributed by atoms with E-state index in [-0.39, 0.29) is 15.5 Å². The molecular formula is C8H23N3Si. The van der Waals surface area contributed by atoms with Crippen molar-refractivity contribution in [3.63, 3.8) is 0 Å². The molecule has 0 heterocycles. The third kappa shape index (κ3) is 2.86. The van der Waals surface area contributed by atoms with Crippen LogP contribution in [-0.4, -0.2) is 53.5 Å². The Balaban J connectivity index is 4.19. The largest absolute Gasteiger partial charge is 0.314 e. The number of nitrogens with zero attached hydrogens (tertiary/aromatic N) is 2. The minimum Gasteiger partial charge on any atom is -0.314 e. The standard InChI is InChI=1S/C8H23N3Si/c1-7-12-9-8(2,10(3)4)11(5)6/h9H,7,12H2,1-6H3. The van der Waals surface area contributed by atoms with Gasteiger partial charge in [-0.15, -0.1) is 0 Å². The van der Waals surface area contributed by atoms with Crippen molar-refractivity contribution < 1.29 is 0 Å². The van der Waals surface area contributed by atoms with E-state index in [9.17, 15) is 0 Å². The van der Waals surface area contributed by atoms with E-state index < -0.39 is 0 Å². The van der Waals surface area contributed by atoms with Crippen LogP contribution in [0.5, 0.6) is 0 Å². The second-order valence-electron chi connectivity index (χ2n) is 3.74. The van der Waals surface area contributed by atoms with Crippen molar-refractivity contribution >= 4 is 9.68 Å². The van der Waals surface area contributed by atoms with Crippen LogP contribution in [-0.2, 0) is 0 Å². The molecule has 3 nitrogen and oxygen atoms in total. The molecule has 0 saturated carbocycles. The van der Waals surface area contributed by atoms with Crippen LogP contribution in [0.2, 0.25) is 6.04 Å². The zero-order chi connectivity index (χ0) is 9.78. The minimum atomic E-state index is -0.101. The number of rotatable bonds is 5. The average Bonchev–Trinajstić information content (AvgIpc) is 1.99. The van der Waals surface area contributed by atoms with E-state index in [4.69, 9.17) is 0 Å². The van der Waals surface area contributed by atoms with Gasteiger partial charge in [-0.1, -0.05) is 13.0 Å². The van der Waals surface area contributed by atoms with Crippen LogP contribution in [0.3, 0.4) is 0 Å². The van der Waals surface area contributed by atoms with E-state index in [0.717, 1.165) is 0 Å². The maximum Gasteiger partial charge on any atom is 0.118 e. The molecular weight excluding hydrogens is 166 g/mol. The van der Waals surface area contributed by atoms with Crippen molar-refractivity contribution in [3.8, 4) is 0 Å². The van der Waals surface area contributed by atoms with Gasteiger partial charge in [0.05, 0.1) is 9.68 Å². The first-order valence-corrected chi connectivity index (χ1v) is 6.25. The lowest BCUT2D eigenvalue weighted by Crippen LogP contribution is -2.63. The molecule has 0 rings (SSSR count). The molecule has 0 bridgehead atoms. The molecule has 74 valence electrons. The van der Waals surface area contributed by atoms with E-state index in [1.165, 1.54) is 6.04 Å². The van der Waals surface area contributed by atoms with Gasteiger partial charge in [-0.05, 0) is 35.1 Å². The van der Waals surface area contributed by atoms with Crippen LogP contribution in [0.15, 0.2) is 0 Å². The lowest BCUT2D eigenvalue weighted by molar-refractivity contribution is 0.00988. The molecule has 0 aliphatic rings. The Bertz CT molecular complexity index is 117. The highest BCUT2D eigenvalue weighted by atomic mass is 28.2.